The van der Waals surface area contributed by atoms with Crippen molar-refractivity contribution in [1.82, 2.24) is 10.2 Å². The second kappa shape index (κ2) is 7.89. The van der Waals surface area contributed by atoms with E-state index >= 15 is 0 Å². The maximum atomic E-state index is 12.9. The summed E-state index contributed by atoms with van der Waals surface area (Å²) in [5, 5.41) is 2.87. The van der Waals surface area contributed by atoms with Gasteiger partial charge in [0, 0.05) is 12.6 Å². The number of rotatable bonds is 7. The van der Waals surface area contributed by atoms with Crippen LogP contribution < -0.4 is 5.32 Å². The van der Waals surface area contributed by atoms with Crippen LogP contribution in [0.4, 0.5) is 4.39 Å². The van der Waals surface area contributed by atoms with Crippen molar-refractivity contribution in [2.75, 3.05) is 19.6 Å². The molecule has 3 nitrogen and oxygen atoms in total. The van der Waals surface area contributed by atoms with Gasteiger partial charge in [-0.1, -0.05) is 26.0 Å². The van der Waals surface area contributed by atoms with Gasteiger partial charge in [-0.15, -0.1) is 0 Å². The van der Waals surface area contributed by atoms with Crippen molar-refractivity contribution in [1.29, 1.82) is 0 Å². The van der Waals surface area contributed by atoms with Crippen molar-refractivity contribution in [3.8, 4) is 0 Å². The molecule has 1 N–H and O–H groups in total. The SMILES string of the molecule is CCCNC(=O)CN(CC)C(C)c1ccc(F)cc1. The lowest BCUT2D eigenvalue weighted by atomic mass is 10.1. The summed E-state index contributed by atoms with van der Waals surface area (Å²) in [6.45, 7) is 7.93. The van der Waals surface area contributed by atoms with Crippen molar-refractivity contribution in [2.24, 2.45) is 0 Å². The highest BCUT2D eigenvalue weighted by atomic mass is 19.1. The third-order valence-corrected chi connectivity index (χ3v) is 3.23. The van der Waals surface area contributed by atoms with Gasteiger partial charge in [-0.2, -0.15) is 0 Å². The first-order chi connectivity index (χ1) is 9.08. The minimum Gasteiger partial charge on any atom is -0.355 e. The molecule has 4 heteroatoms. The Hall–Kier alpha value is -1.42. The Bertz CT molecular complexity index is 392. The lowest BCUT2D eigenvalue weighted by molar-refractivity contribution is -0.122. The number of hydrogen-bond acceptors (Lipinski definition) is 2. The Kier molecular flexibility index (Phi) is 6.50. The smallest absolute Gasteiger partial charge is 0.234 e. The van der Waals surface area contributed by atoms with Crippen LogP contribution in [0.5, 0.6) is 0 Å². The molecule has 0 saturated carbocycles. The van der Waals surface area contributed by atoms with Crippen molar-refractivity contribution in [3.63, 3.8) is 0 Å². The number of hydrogen-bond donors (Lipinski definition) is 1. The fourth-order valence-corrected chi connectivity index (χ4v) is 1.98. The lowest BCUT2D eigenvalue weighted by Gasteiger charge is -2.27. The first kappa shape index (κ1) is 15.6. The predicted octanol–water partition coefficient (Wildman–Crippen LogP) is 2.73. The largest absolute Gasteiger partial charge is 0.355 e. The second-order valence-corrected chi connectivity index (χ2v) is 4.64. The molecule has 1 atom stereocenters. The van der Waals surface area contributed by atoms with E-state index in [1.165, 1.54) is 12.1 Å². The highest BCUT2D eigenvalue weighted by Crippen LogP contribution is 2.19. The third-order valence-electron chi connectivity index (χ3n) is 3.23. The van der Waals surface area contributed by atoms with Crippen molar-refractivity contribution in [3.05, 3.63) is 35.6 Å². The van der Waals surface area contributed by atoms with E-state index in [1.807, 2.05) is 20.8 Å². The standard InChI is InChI=1S/C15H23FN2O/c1-4-10-17-15(19)11-18(5-2)12(3)13-6-8-14(16)9-7-13/h6-9,12H,4-5,10-11H2,1-3H3,(H,17,19). The molecule has 1 aromatic rings. The summed E-state index contributed by atoms with van der Waals surface area (Å²) in [5.74, 6) is -0.197. The number of likely N-dealkylation sites (N-methyl/N-ethyl adjacent to an activating group) is 1. The number of nitrogens with zero attached hydrogens (tertiary/aromatic N) is 1. The molecule has 0 aliphatic heterocycles. The molecular weight excluding hydrogens is 243 g/mol. The van der Waals surface area contributed by atoms with Crippen LogP contribution in [0.25, 0.3) is 0 Å². The molecule has 0 aliphatic carbocycles. The molecule has 0 saturated heterocycles. The van der Waals surface area contributed by atoms with Gasteiger partial charge in [0.1, 0.15) is 5.82 Å². The van der Waals surface area contributed by atoms with Crippen LogP contribution in [-0.4, -0.2) is 30.4 Å². The topological polar surface area (TPSA) is 32.3 Å². The number of carbonyl (C=O) groups excluding carboxylic acids is 1. The Balaban J connectivity index is 2.63. The molecule has 1 amide bonds. The fourth-order valence-electron chi connectivity index (χ4n) is 1.98. The van der Waals surface area contributed by atoms with Crippen LogP contribution in [0.3, 0.4) is 0 Å². The maximum absolute atomic E-state index is 12.9. The van der Waals surface area contributed by atoms with Gasteiger partial charge in [0.05, 0.1) is 6.54 Å². The molecule has 0 aliphatic rings. The van der Waals surface area contributed by atoms with Crippen molar-refractivity contribution >= 4 is 5.91 Å². The average Bonchev–Trinajstić information content (AvgIpc) is 2.42. The summed E-state index contributed by atoms with van der Waals surface area (Å²) in [4.78, 5) is 13.8. The average molecular weight is 266 g/mol. The number of carbonyl (C=O) groups is 1. The third kappa shape index (κ3) is 4.99. The summed E-state index contributed by atoms with van der Waals surface area (Å²) in [5.41, 5.74) is 1.02. The molecule has 0 bridgehead atoms. The van der Waals surface area contributed by atoms with Gasteiger partial charge in [-0.25, -0.2) is 4.39 Å². The highest BCUT2D eigenvalue weighted by molar-refractivity contribution is 5.78. The Morgan fingerprint density at radius 1 is 1.32 bits per heavy atom. The van der Waals surface area contributed by atoms with Gasteiger partial charge in [0.15, 0.2) is 0 Å². The fraction of sp³-hybridized carbons (Fsp3) is 0.533. The first-order valence-corrected chi connectivity index (χ1v) is 6.84. The minimum atomic E-state index is -0.236. The van der Waals surface area contributed by atoms with Gasteiger partial charge in [-0.3, -0.25) is 9.69 Å². The van der Waals surface area contributed by atoms with Crippen molar-refractivity contribution in [2.45, 2.75) is 33.2 Å². The molecule has 0 radical (unpaired) electrons. The van der Waals surface area contributed by atoms with E-state index in [0.717, 1.165) is 18.5 Å². The van der Waals surface area contributed by atoms with Crippen LogP contribution >= 0.6 is 0 Å². The summed E-state index contributed by atoms with van der Waals surface area (Å²) >= 11 is 0. The zero-order valence-electron chi connectivity index (χ0n) is 11.9. The Morgan fingerprint density at radius 2 is 1.95 bits per heavy atom. The molecule has 19 heavy (non-hydrogen) atoms. The number of halogens is 1. The molecule has 0 fully saturated rings. The van der Waals surface area contributed by atoms with Gasteiger partial charge in [-0.05, 0) is 37.6 Å². The van der Waals surface area contributed by atoms with Crippen LogP contribution in [0, 0.1) is 5.82 Å². The predicted molar refractivity (Wildman–Crippen MR) is 75.4 cm³/mol. The van der Waals surface area contributed by atoms with E-state index in [1.54, 1.807) is 12.1 Å². The van der Waals surface area contributed by atoms with E-state index in [-0.39, 0.29) is 17.8 Å². The monoisotopic (exact) mass is 266 g/mol. The number of nitrogens with one attached hydrogen (secondary N) is 1. The molecule has 0 aromatic heterocycles. The minimum absolute atomic E-state index is 0.0395. The molecule has 1 rings (SSSR count). The van der Waals surface area contributed by atoms with E-state index in [9.17, 15) is 9.18 Å². The van der Waals surface area contributed by atoms with Gasteiger partial charge >= 0.3 is 0 Å². The van der Waals surface area contributed by atoms with Crippen LogP contribution in [-0.2, 0) is 4.79 Å². The zero-order valence-corrected chi connectivity index (χ0v) is 11.9. The molecule has 0 spiro atoms. The highest BCUT2D eigenvalue weighted by Gasteiger charge is 2.16. The van der Waals surface area contributed by atoms with Crippen LogP contribution in [0.2, 0.25) is 0 Å². The van der Waals surface area contributed by atoms with Gasteiger partial charge in [0.2, 0.25) is 5.91 Å². The van der Waals surface area contributed by atoms with Crippen molar-refractivity contribution < 1.29 is 9.18 Å². The summed E-state index contributed by atoms with van der Waals surface area (Å²) < 4.78 is 12.9. The second-order valence-electron chi connectivity index (χ2n) is 4.64. The summed E-state index contributed by atoms with van der Waals surface area (Å²) in [6.07, 6.45) is 0.936. The summed E-state index contributed by atoms with van der Waals surface area (Å²) in [6, 6.07) is 6.55. The quantitative estimate of drug-likeness (QED) is 0.823. The van der Waals surface area contributed by atoms with E-state index in [4.69, 9.17) is 0 Å². The summed E-state index contributed by atoms with van der Waals surface area (Å²) in [7, 11) is 0. The number of amides is 1. The van der Waals surface area contributed by atoms with Gasteiger partial charge < -0.3 is 5.32 Å². The van der Waals surface area contributed by atoms with Crippen LogP contribution in [0.1, 0.15) is 38.8 Å². The van der Waals surface area contributed by atoms with E-state index in [0.29, 0.717) is 13.1 Å². The van der Waals surface area contributed by atoms with E-state index in [2.05, 4.69) is 10.2 Å². The van der Waals surface area contributed by atoms with E-state index < -0.39 is 0 Å². The zero-order chi connectivity index (χ0) is 14.3. The Morgan fingerprint density at radius 3 is 2.47 bits per heavy atom. The molecule has 106 valence electrons. The van der Waals surface area contributed by atoms with Gasteiger partial charge in [0.25, 0.3) is 0 Å². The lowest BCUT2D eigenvalue weighted by Crippen LogP contribution is -2.38. The Labute approximate surface area is 114 Å². The molecule has 1 aromatic carbocycles. The maximum Gasteiger partial charge on any atom is 0.234 e. The molecule has 0 heterocycles. The normalized spacial score (nSPS) is 12.5. The molecular formula is C15H23FN2O. The van der Waals surface area contributed by atoms with Crippen LogP contribution in [0.15, 0.2) is 24.3 Å². The molecule has 1 unspecified atom stereocenters. The first-order valence-electron chi connectivity index (χ1n) is 6.84. The number of benzene rings is 1.